The van der Waals surface area contributed by atoms with Crippen LogP contribution in [0, 0.1) is 11.8 Å². The number of carbonyl (C=O) groups excluding carboxylic acids is 2. The number of hydrogen-bond donors (Lipinski definition) is 2. The third-order valence-electron chi connectivity index (χ3n) is 4.96. The van der Waals surface area contributed by atoms with Gasteiger partial charge in [0.2, 0.25) is 5.91 Å². The van der Waals surface area contributed by atoms with Crippen molar-refractivity contribution in [1.29, 1.82) is 0 Å². The van der Waals surface area contributed by atoms with E-state index in [1.807, 2.05) is 0 Å². The van der Waals surface area contributed by atoms with Gasteiger partial charge in [-0.1, -0.05) is 6.08 Å². The zero-order valence-electron chi connectivity index (χ0n) is 13.4. The molecule has 2 aliphatic carbocycles. The van der Waals surface area contributed by atoms with E-state index in [1.165, 1.54) is 0 Å². The minimum Gasteiger partial charge on any atom is -0.364 e. The molecule has 0 aromatic rings. The van der Waals surface area contributed by atoms with Crippen LogP contribution < -0.4 is 10.6 Å². The lowest BCUT2D eigenvalue weighted by Crippen LogP contribution is -2.44. The quantitative estimate of drug-likeness (QED) is 0.824. The Morgan fingerprint density at radius 1 is 1.12 bits per heavy atom. The largest absolute Gasteiger partial charge is 0.364 e. The molecule has 7 heteroatoms. The number of hydrogen-bond acceptors (Lipinski definition) is 5. The highest BCUT2D eigenvalue weighted by Gasteiger charge is 2.33. The number of fused-ring (bicyclic) bond motifs is 1. The predicted octanol–water partition coefficient (Wildman–Crippen LogP) is 1.83. The maximum absolute atomic E-state index is 12.0. The molecule has 0 saturated heterocycles. The van der Waals surface area contributed by atoms with E-state index < -0.39 is 5.92 Å². The first-order valence-corrected chi connectivity index (χ1v) is 8.68. The molecular formula is C17H21N5O2. The number of aliphatic imine (C=N–C) groups is 1. The summed E-state index contributed by atoms with van der Waals surface area (Å²) in [5, 5.41) is 14.3. The molecule has 7 nitrogen and oxygen atoms in total. The molecule has 2 aliphatic heterocycles. The van der Waals surface area contributed by atoms with Gasteiger partial charge in [-0.05, 0) is 44.6 Å². The maximum Gasteiger partial charge on any atom is 0.277 e. The van der Waals surface area contributed by atoms with Crippen molar-refractivity contribution in [2.45, 2.75) is 50.6 Å². The summed E-state index contributed by atoms with van der Waals surface area (Å²) in [4.78, 5) is 28.1. The Kier molecular flexibility index (Phi) is 4.00. The molecule has 3 unspecified atom stereocenters. The molecule has 2 amide bonds. The van der Waals surface area contributed by atoms with Crippen molar-refractivity contribution < 1.29 is 9.59 Å². The SMILES string of the molecule is O=C(NC1CCCC(NC2=C3N=CC=CC3C(=O)N=N2)C1)C1CC1. The van der Waals surface area contributed by atoms with Crippen LogP contribution in [0.1, 0.15) is 38.5 Å². The second-order valence-electron chi connectivity index (χ2n) is 6.90. The molecular weight excluding hydrogens is 306 g/mol. The van der Waals surface area contributed by atoms with Gasteiger partial charge in [0.15, 0.2) is 5.82 Å². The first kappa shape index (κ1) is 15.2. The average molecular weight is 327 g/mol. The highest BCUT2D eigenvalue weighted by molar-refractivity contribution is 5.88. The molecule has 4 rings (SSSR count). The van der Waals surface area contributed by atoms with Gasteiger partial charge in [-0.3, -0.25) is 14.6 Å². The van der Waals surface area contributed by atoms with E-state index in [2.05, 4.69) is 25.9 Å². The Morgan fingerprint density at radius 3 is 2.79 bits per heavy atom. The van der Waals surface area contributed by atoms with Crippen LogP contribution in [0.5, 0.6) is 0 Å². The fraction of sp³-hybridized carbons (Fsp3) is 0.588. The molecule has 2 heterocycles. The molecule has 0 radical (unpaired) electrons. The van der Waals surface area contributed by atoms with Gasteiger partial charge in [-0.2, -0.15) is 0 Å². The lowest BCUT2D eigenvalue weighted by Gasteiger charge is -2.32. The first-order valence-electron chi connectivity index (χ1n) is 8.68. The third-order valence-corrected chi connectivity index (χ3v) is 4.96. The predicted molar refractivity (Wildman–Crippen MR) is 88.1 cm³/mol. The summed E-state index contributed by atoms with van der Waals surface area (Å²) in [7, 11) is 0. The van der Waals surface area contributed by atoms with Crippen molar-refractivity contribution in [3.63, 3.8) is 0 Å². The summed E-state index contributed by atoms with van der Waals surface area (Å²) in [6.07, 6.45) is 11.2. The normalized spacial score (nSPS) is 31.8. The van der Waals surface area contributed by atoms with Crippen molar-refractivity contribution in [3.8, 4) is 0 Å². The van der Waals surface area contributed by atoms with Crippen LogP contribution in [-0.4, -0.2) is 30.1 Å². The number of azo groups is 1. The molecule has 2 N–H and O–H groups in total. The van der Waals surface area contributed by atoms with Gasteiger partial charge in [0.1, 0.15) is 11.6 Å². The molecule has 0 aromatic heterocycles. The van der Waals surface area contributed by atoms with Gasteiger partial charge in [-0.25, -0.2) is 0 Å². The lowest BCUT2D eigenvalue weighted by atomic mass is 9.90. The van der Waals surface area contributed by atoms with Crippen molar-refractivity contribution in [2.24, 2.45) is 27.1 Å². The number of dihydropyridines is 1. The first-order chi connectivity index (χ1) is 11.7. The molecule has 126 valence electrons. The summed E-state index contributed by atoms with van der Waals surface area (Å²) in [5.74, 6) is 0.323. The zero-order chi connectivity index (χ0) is 16.5. The van der Waals surface area contributed by atoms with Crippen LogP contribution in [0.3, 0.4) is 0 Å². The molecule has 3 atom stereocenters. The number of nitrogens with zero attached hydrogens (tertiary/aromatic N) is 3. The van der Waals surface area contributed by atoms with Gasteiger partial charge < -0.3 is 10.6 Å². The van der Waals surface area contributed by atoms with E-state index in [4.69, 9.17) is 0 Å². The van der Waals surface area contributed by atoms with Crippen molar-refractivity contribution in [2.75, 3.05) is 0 Å². The number of carbonyl (C=O) groups is 2. The number of amides is 2. The summed E-state index contributed by atoms with van der Waals surface area (Å²) in [6, 6.07) is 0.419. The zero-order valence-corrected chi connectivity index (χ0v) is 13.4. The highest BCUT2D eigenvalue weighted by Crippen LogP contribution is 2.31. The van der Waals surface area contributed by atoms with E-state index in [1.54, 1.807) is 18.4 Å². The van der Waals surface area contributed by atoms with E-state index >= 15 is 0 Å². The van der Waals surface area contributed by atoms with Crippen LogP contribution in [0.2, 0.25) is 0 Å². The fourth-order valence-electron chi connectivity index (χ4n) is 3.49. The average Bonchev–Trinajstić information content (AvgIpc) is 3.43. The monoisotopic (exact) mass is 327 g/mol. The number of nitrogens with one attached hydrogen (secondary N) is 2. The second-order valence-corrected chi connectivity index (χ2v) is 6.90. The van der Waals surface area contributed by atoms with Crippen LogP contribution in [0.15, 0.2) is 38.9 Å². The van der Waals surface area contributed by atoms with Gasteiger partial charge >= 0.3 is 0 Å². The Bertz CT molecular complexity index is 674. The summed E-state index contributed by atoms with van der Waals surface area (Å²) in [6.45, 7) is 0. The van der Waals surface area contributed by atoms with Crippen molar-refractivity contribution >= 4 is 18.0 Å². The van der Waals surface area contributed by atoms with E-state index in [0.717, 1.165) is 38.5 Å². The standard InChI is InChI=1S/C17H21N5O2/c23-16(10-6-7-10)20-12-4-1-3-11(9-12)19-15-14-13(5-2-8-18-14)17(24)22-21-15/h2,5,8,10-13,19H,1,3-4,6-7,9H2,(H,20,23). The van der Waals surface area contributed by atoms with Gasteiger partial charge in [0.25, 0.3) is 5.91 Å². The van der Waals surface area contributed by atoms with Crippen molar-refractivity contribution in [3.05, 3.63) is 23.7 Å². The van der Waals surface area contributed by atoms with Crippen LogP contribution in [-0.2, 0) is 9.59 Å². The van der Waals surface area contributed by atoms with Crippen molar-refractivity contribution in [1.82, 2.24) is 10.6 Å². The smallest absolute Gasteiger partial charge is 0.277 e. The third kappa shape index (κ3) is 3.16. The molecule has 2 fully saturated rings. The number of rotatable bonds is 4. The van der Waals surface area contributed by atoms with Crippen LogP contribution >= 0.6 is 0 Å². The molecule has 4 aliphatic rings. The van der Waals surface area contributed by atoms with E-state index in [9.17, 15) is 9.59 Å². The fourth-order valence-corrected chi connectivity index (χ4v) is 3.49. The molecule has 2 saturated carbocycles. The Morgan fingerprint density at radius 2 is 1.96 bits per heavy atom. The Labute approximate surface area is 140 Å². The Hall–Kier alpha value is -2.31. The minimum absolute atomic E-state index is 0.202. The van der Waals surface area contributed by atoms with E-state index in [0.29, 0.717) is 11.5 Å². The summed E-state index contributed by atoms with van der Waals surface area (Å²) < 4.78 is 0. The topological polar surface area (TPSA) is 95.3 Å². The molecule has 0 spiro atoms. The van der Waals surface area contributed by atoms with Crippen LogP contribution in [0.4, 0.5) is 0 Å². The second kappa shape index (κ2) is 6.30. The molecule has 0 aromatic carbocycles. The summed E-state index contributed by atoms with van der Waals surface area (Å²) in [5.41, 5.74) is 0.640. The maximum atomic E-state index is 12.0. The Balaban J connectivity index is 1.41. The summed E-state index contributed by atoms with van der Waals surface area (Å²) >= 11 is 0. The number of allylic oxidation sites excluding steroid dienone is 1. The van der Waals surface area contributed by atoms with E-state index in [-0.39, 0.29) is 29.8 Å². The van der Waals surface area contributed by atoms with Crippen LogP contribution in [0.25, 0.3) is 0 Å². The van der Waals surface area contributed by atoms with Gasteiger partial charge in [0, 0.05) is 24.2 Å². The lowest BCUT2D eigenvalue weighted by molar-refractivity contribution is -0.123. The molecule has 0 bridgehead atoms. The minimum atomic E-state index is -0.427. The van der Waals surface area contributed by atoms with Gasteiger partial charge in [-0.15, -0.1) is 10.2 Å². The van der Waals surface area contributed by atoms with Gasteiger partial charge in [0.05, 0.1) is 0 Å². The highest BCUT2D eigenvalue weighted by atomic mass is 16.2. The molecule has 24 heavy (non-hydrogen) atoms.